The Morgan fingerprint density at radius 3 is 2.53 bits per heavy atom. The summed E-state index contributed by atoms with van der Waals surface area (Å²) in [5, 5.41) is 0. The lowest BCUT2D eigenvalue weighted by Crippen LogP contribution is -1.89. The highest BCUT2D eigenvalue weighted by Gasteiger charge is 2.05. The van der Waals surface area contributed by atoms with Crippen molar-refractivity contribution in [2.75, 3.05) is 0 Å². The van der Waals surface area contributed by atoms with E-state index in [1.807, 2.05) is 48.4 Å². The summed E-state index contributed by atoms with van der Waals surface area (Å²) in [5.41, 5.74) is 1.51. The van der Waals surface area contributed by atoms with Crippen LogP contribution >= 0.6 is 0 Å². The van der Waals surface area contributed by atoms with Crippen LogP contribution in [0.2, 0.25) is 0 Å². The number of hydrogen-bond donors (Lipinski definition) is 0. The molecule has 2 aromatic rings. The summed E-state index contributed by atoms with van der Waals surface area (Å²) in [6, 6.07) is 13.2. The second-order valence-electron chi connectivity index (χ2n) is 3.20. The number of allylic oxidation sites excluding steroid dienone is 1. The second kappa shape index (κ2) is 4.45. The minimum absolute atomic E-state index is 0.487. The van der Waals surface area contributed by atoms with Crippen LogP contribution in [0.5, 0.6) is 0 Å². The van der Waals surface area contributed by atoms with Crippen molar-refractivity contribution in [3.05, 3.63) is 60.1 Å². The Kier molecular flexibility index (Phi) is 2.82. The maximum Gasteiger partial charge on any atom is 0.129 e. The van der Waals surface area contributed by atoms with E-state index in [4.69, 9.17) is 4.42 Å². The quantitative estimate of drug-likeness (QED) is 0.710. The van der Waals surface area contributed by atoms with Gasteiger partial charge >= 0.3 is 0 Å². The Balaban J connectivity index is 2.24. The molecule has 15 heavy (non-hydrogen) atoms. The zero-order valence-corrected chi connectivity index (χ0v) is 8.14. The van der Waals surface area contributed by atoms with Gasteiger partial charge in [0.15, 0.2) is 0 Å². The number of carbonyl (C=O) groups excluding carboxylic acids is 1. The van der Waals surface area contributed by atoms with E-state index in [1.165, 1.54) is 0 Å². The van der Waals surface area contributed by atoms with Crippen molar-refractivity contribution >= 4 is 11.5 Å². The van der Waals surface area contributed by atoms with E-state index < -0.39 is 0 Å². The first-order valence-electron chi connectivity index (χ1n) is 4.72. The lowest BCUT2D eigenvalue weighted by Gasteiger charge is -2.00. The van der Waals surface area contributed by atoms with Gasteiger partial charge in [-0.2, -0.15) is 0 Å². The molecule has 74 valence electrons. The molecule has 1 aromatic heterocycles. The Morgan fingerprint density at radius 1 is 1.13 bits per heavy atom. The molecule has 0 unspecified atom stereocenters. The predicted octanol–water partition coefficient (Wildman–Crippen LogP) is 2.74. The zero-order valence-electron chi connectivity index (χ0n) is 8.14. The van der Waals surface area contributed by atoms with E-state index in [-0.39, 0.29) is 0 Å². The summed E-state index contributed by atoms with van der Waals surface area (Å²) in [7, 11) is 0. The molecular formula is C13H10O2. The van der Waals surface area contributed by atoms with Crippen LogP contribution in [-0.2, 0) is 11.2 Å². The van der Waals surface area contributed by atoms with E-state index in [2.05, 4.69) is 0 Å². The molecule has 0 amide bonds. The van der Waals surface area contributed by atoms with Crippen LogP contribution in [0.25, 0.3) is 5.57 Å². The van der Waals surface area contributed by atoms with Gasteiger partial charge in [-0.3, -0.25) is 0 Å². The molecule has 0 aliphatic heterocycles. The molecule has 0 radical (unpaired) electrons. The third kappa shape index (κ3) is 2.25. The molecule has 1 heterocycles. The molecule has 0 saturated heterocycles. The summed E-state index contributed by atoms with van der Waals surface area (Å²) in [4.78, 5) is 10.8. The molecule has 0 spiro atoms. The van der Waals surface area contributed by atoms with E-state index in [9.17, 15) is 4.79 Å². The van der Waals surface area contributed by atoms with Gasteiger partial charge in [0, 0.05) is 6.42 Å². The van der Waals surface area contributed by atoms with Crippen LogP contribution in [0.1, 0.15) is 11.3 Å². The van der Waals surface area contributed by atoms with Crippen molar-refractivity contribution in [1.82, 2.24) is 0 Å². The molecule has 0 atom stereocenters. The monoisotopic (exact) mass is 198 g/mol. The van der Waals surface area contributed by atoms with E-state index in [0.717, 1.165) is 11.3 Å². The van der Waals surface area contributed by atoms with Crippen molar-refractivity contribution in [2.24, 2.45) is 0 Å². The van der Waals surface area contributed by atoms with Gasteiger partial charge in [-0.25, -0.2) is 4.79 Å². The second-order valence-corrected chi connectivity index (χ2v) is 3.20. The van der Waals surface area contributed by atoms with Crippen molar-refractivity contribution in [3.63, 3.8) is 0 Å². The predicted molar refractivity (Wildman–Crippen MR) is 58.0 cm³/mol. The smallest absolute Gasteiger partial charge is 0.129 e. The Morgan fingerprint density at radius 2 is 1.93 bits per heavy atom. The fourth-order valence-electron chi connectivity index (χ4n) is 1.42. The molecule has 2 heteroatoms. The minimum Gasteiger partial charge on any atom is -0.469 e. The molecule has 0 N–H and O–H groups in total. The van der Waals surface area contributed by atoms with E-state index in [1.54, 1.807) is 6.26 Å². The lowest BCUT2D eigenvalue weighted by molar-refractivity contribution is 0.524. The number of rotatable bonds is 3. The fraction of sp³-hybridized carbons (Fsp3) is 0.0769. The van der Waals surface area contributed by atoms with Gasteiger partial charge in [0.1, 0.15) is 11.7 Å². The first-order chi connectivity index (χ1) is 7.40. The van der Waals surface area contributed by atoms with Gasteiger partial charge in [0.25, 0.3) is 0 Å². The summed E-state index contributed by atoms with van der Waals surface area (Å²) in [6.45, 7) is 0. The van der Waals surface area contributed by atoms with Crippen molar-refractivity contribution in [1.29, 1.82) is 0 Å². The van der Waals surface area contributed by atoms with Crippen LogP contribution in [0.4, 0.5) is 0 Å². The Labute approximate surface area is 87.8 Å². The van der Waals surface area contributed by atoms with Gasteiger partial charge in [-0.15, -0.1) is 0 Å². The van der Waals surface area contributed by atoms with Gasteiger partial charge in [-0.1, -0.05) is 30.3 Å². The van der Waals surface area contributed by atoms with E-state index >= 15 is 0 Å². The van der Waals surface area contributed by atoms with Crippen LogP contribution in [0, 0.1) is 0 Å². The van der Waals surface area contributed by atoms with Crippen LogP contribution in [0.3, 0.4) is 0 Å². The molecule has 1 aromatic carbocycles. The average Bonchev–Trinajstić information content (AvgIpc) is 2.80. The molecule has 2 nitrogen and oxygen atoms in total. The van der Waals surface area contributed by atoms with Crippen molar-refractivity contribution in [2.45, 2.75) is 6.42 Å². The largest absolute Gasteiger partial charge is 0.469 e. The first-order valence-corrected chi connectivity index (χ1v) is 4.72. The summed E-state index contributed by atoms with van der Waals surface area (Å²) in [5.74, 6) is 2.74. The van der Waals surface area contributed by atoms with Gasteiger partial charge in [0.05, 0.1) is 11.8 Å². The molecule has 0 aliphatic rings. The third-order valence-electron chi connectivity index (χ3n) is 2.18. The SMILES string of the molecule is O=C=C(Cc1ccco1)c1ccccc1. The molecule has 0 aliphatic carbocycles. The van der Waals surface area contributed by atoms with Gasteiger partial charge < -0.3 is 4.42 Å². The highest BCUT2D eigenvalue weighted by Crippen LogP contribution is 2.16. The normalized spacial score (nSPS) is 9.60. The number of furan rings is 1. The highest BCUT2D eigenvalue weighted by molar-refractivity contribution is 5.88. The highest BCUT2D eigenvalue weighted by atomic mass is 16.3. The maximum atomic E-state index is 10.8. The third-order valence-corrected chi connectivity index (χ3v) is 2.18. The molecular weight excluding hydrogens is 188 g/mol. The topological polar surface area (TPSA) is 30.2 Å². The first kappa shape index (κ1) is 9.50. The summed E-state index contributed by atoms with van der Waals surface area (Å²) >= 11 is 0. The fourth-order valence-corrected chi connectivity index (χ4v) is 1.42. The van der Waals surface area contributed by atoms with Crippen molar-refractivity contribution in [3.8, 4) is 0 Å². The minimum atomic E-state index is 0.487. The molecule has 0 saturated carbocycles. The zero-order chi connectivity index (χ0) is 10.5. The standard InChI is InChI=1S/C13H10O2/c14-10-12(9-13-7-4-8-15-13)11-5-2-1-3-6-11/h1-8H,9H2. The van der Waals surface area contributed by atoms with Gasteiger partial charge in [0.2, 0.25) is 0 Å². The Bertz CT molecular complexity index is 463. The number of hydrogen-bond acceptors (Lipinski definition) is 2. The number of benzene rings is 1. The molecule has 0 fully saturated rings. The molecule has 0 bridgehead atoms. The maximum absolute atomic E-state index is 10.8. The summed E-state index contributed by atoms with van der Waals surface area (Å²) < 4.78 is 5.19. The molecule has 2 rings (SSSR count). The van der Waals surface area contributed by atoms with Gasteiger partial charge in [-0.05, 0) is 17.7 Å². The Hall–Kier alpha value is -2.05. The van der Waals surface area contributed by atoms with Crippen LogP contribution in [0.15, 0.2) is 53.1 Å². The average molecular weight is 198 g/mol. The summed E-state index contributed by atoms with van der Waals surface area (Å²) in [6.07, 6.45) is 2.09. The van der Waals surface area contributed by atoms with Crippen LogP contribution < -0.4 is 0 Å². The van der Waals surface area contributed by atoms with Crippen molar-refractivity contribution < 1.29 is 9.21 Å². The van der Waals surface area contributed by atoms with Crippen LogP contribution in [-0.4, -0.2) is 5.94 Å². The lowest BCUT2D eigenvalue weighted by atomic mass is 10.0. The van der Waals surface area contributed by atoms with E-state index in [0.29, 0.717) is 12.0 Å².